The van der Waals surface area contributed by atoms with Crippen LogP contribution in [0.1, 0.15) is 33.9 Å². The zero-order valence-electron chi connectivity index (χ0n) is 18.7. The Balaban J connectivity index is 1.24. The predicted octanol–water partition coefficient (Wildman–Crippen LogP) is 3.74. The van der Waals surface area contributed by atoms with Gasteiger partial charge in [0.15, 0.2) is 0 Å². The number of amides is 1. The smallest absolute Gasteiger partial charge is 0.253 e. The Hall–Kier alpha value is -3.46. The van der Waals surface area contributed by atoms with Crippen molar-refractivity contribution in [2.75, 3.05) is 25.5 Å². The van der Waals surface area contributed by atoms with Crippen molar-refractivity contribution in [2.24, 2.45) is 7.05 Å². The minimum atomic E-state index is 0.0541. The van der Waals surface area contributed by atoms with E-state index in [4.69, 9.17) is 9.72 Å². The van der Waals surface area contributed by atoms with E-state index in [0.29, 0.717) is 30.5 Å². The molecule has 0 unspecified atom stereocenters. The molecule has 0 atom stereocenters. The maximum absolute atomic E-state index is 13.2. The lowest BCUT2D eigenvalue weighted by Gasteiger charge is -2.32. The Morgan fingerprint density at radius 2 is 2.06 bits per heavy atom. The van der Waals surface area contributed by atoms with Gasteiger partial charge in [0, 0.05) is 55.3 Å². The van der Waals surface area contributed by atoms with Crippen LogP contribution in [0, 0.1) is 0 Å². The summed E-state index contributed by atoms with van der Waals surface area (Å²) in [7, 11) is 3.62. The molecule has 1 amide bonds. The molecule has 0 saturated carbocycles. The van der Waals surface area contributed by atoms with Crippen molar-refractivity contribution >= 4 is 34.2 Å². The number of carbonyl (C=O) groups excluding carboxylic acids is 1. The van der Waals surface area contributed by atoms with Crippen LogP contribution in [0.2, 0.25) is 0 Å². The lowest BCUT2D eigenvalue weighted by Crippen LogP contribution is -2.42. The van der Waals surface area contributed by atoms with E-state index in [0.717, 1.165) is 36.1 Å². The maximum Gasteiger partial charge on any atom is 0.253 e. The fourth-order valence-corrected chi connectivity index (χ4v) is 4.93. The highest BCUT2D eigenvalue weighted by molar-refractivity contribution is 7.09. The van der Waals surface area contributed by atoms with Gasteiger partial charge in [-0.3, -0.25) is 4.79 Å². The molecule has 0 aliphatic carbocycles. The van der Waals surface area contributed by atoms with Gasteiger partial charge in [0.25, 0.3) is 5.91 Å². The third kappa shape index (κ3) is 4.54. The van der Waals surface area contributed by atoms with Crippen LogP contribution >= 0.6 is 11.3 Å². The lowest BCUT2D eigenvalue weighted by atomic mass is 10.0. The zero-order valence-corrected chi connectivity index (χ0v) is 19.5. The van der Waals surface area contributed by atoms with Gasteiger partial charge >= 0.3 is 0 Å². The molecule has 1 aliphatic rings. The number of aryl methyl sites for hydroxylation is 1. The van der Waals surface area contributed by atoms with Crippen LogP contribution in [0.4, 0.5) is 5.95 Å². The molecule has 170 valence electrons. The van der Waals surface area contributed by atoms with Crippen LogP contribution in [-0.4, -0.2) is 56.6 Å². The number of anilines is 1. The Morgan fingerprint density at radius 3 is 2.82 bits per heavy atom. The highest BCUT2D eigenvalue weighted by Crippen LogP contribution is 2.23. The SMILES string of the molecule is COc1ccnc(NC2CCN(C(=O)c3ccc4c(c3)nc(Cc3cccs3)n4C)CC2)n1. The monoisotopic (exact) mass is 462 g/mol. The molecule has 0 spiro atoms. The first-order valence-corrected chi connectivity index (χ1v) is 11.9. The number of thiophene rings is 1. The summed E-state index contributed by atoms with van der Waals surface area (Å²) in [5, 5.41) is 5.43. The number of benzene rings is 1. The first kappa shape index (κ1) is 21.4. The van der Waals surface area contributed by atoms with Gasteiger partial charge in [0.1, 0.15) is 5.82 Å². The van der Waals surface area contributed by atoms with E-state index in [1.54, 1.807) is 30.7 Å². The molecular formula is C24H26N6O2S. The van der Waals surface area contributed by atoms with Crippen LogP contribution in [0.5, 0.6) is 5.88 Å². The molecule has 9 heteroatoms. The Kier molecular flexibility index (Phi) is 5.95. The van der Waals surface area contributed by atoms with Crippen LogP contribution in [0.25, 0.3) is 11.0 Å². The molecule has 1 saturated heterocycles. The van der Waals surface area contributed by atoms with E-state index in [-0.39, 0.29) is 11.9 Å². The average Bonchev–Trinajstić information content (AvgIpc) is 3.47. The predicted molar refractivity (Wildman–Crippen MR) is 129 cm³/mol. The van der Waals surface area contributed by atoms with Crippen molar-refractivity contribution in [2.45, 2.75) is 25.3 Å². The second-order valence-electron chi connectivity index (χ2n) is 8.18. The fourth-order valence-electron chi connectivity index (χ4n) is 4.23. The minimum Gasteiger partial charge on any atom is -0.481 e. The summed E-state index contributed by atoms with van der Waals surface area (Å²) in [5.41, 5.74) is 2.59. The summed E-state index contributed by atoms with van der Waals surface area (Å²) in [6.45, 7) is 1.37. The first-order valence-electron chi connectivity index (χ1n) is 11.0. The topological polar surface area (TPSA) is 85.2 Å². The standard InChI is InChI=1S/C24H26N6O2S/c1-29-20-6-5-16(14-19(20)27-21(29)15-18-4-3-13-33-18)23(31)30-11-8-17(9-12-30)26-24-25-10-7-22(28-24)32-2/h3-7,10,13-14,17H,8-9,11-12,15H2,1-2H3,(H,25,26,28). The summed E-state index contributed by atoms with van der Waals surface area (Å²) in [6, 6.07) is 12.0. The van der Waals surface area contributed by atoms with Gasteiger partial charge < -0.3 is 19.5 Å². The molecule has 1 N–H and O–H groups in total. The second kappa shape index (κ2) is 9.19. The van der Waals surface area contributed by atoms with Crippen LogP contribution in [0.15, 0.2) is 48.0 Å². The third-order valence-corrected chi connectivity index (χ3v) is 6.96. The number of rotatable bonds is 6. The summed E-state index contributed by atoms with van der Waals surface area (Å²) in [6.07, 6.45) is 4.14. The number of imidazole rings is 1. The molecular weight excluding hydrogens is 436 g/mol. The number of aromatic nitrogens is 4. The average molecular weight is 463 g/mol. The summed E-state index contributed by atoms with van der Waals surface area (Å²) in [4.78, 5) is 29.7. The number of likely N-dealkylation sites (tertiary alicyclic amines) is 1. The van der Waals surface area contributed by atoms with Gasteiger partial charge in [0.05, 0.1) is 18.1 Å². The lowest BCUT2D eigenvalue weighted by molar-refractivity contribution is 0.0718. The Labute approximate surface area is 196 Å². The van der Waals surface area contributed by atoms with Crippen molar-refractivity contribution in [3.8, 4) is 5.88 Å². The van der Waals surface area contributed by atoms with Gasteiger partial charge in [0.2, 0.25) is 11.8 Å². The molecule has 4 heterocycles. The molecule has 1 aromatic carbocycles. The summed E-state index contributed by atoms with van der Waals surface area (Å²) >= 11 is 1.73. The minimum absolute atomic E-state index is 0.0541. The van der Waals surface area contributed by atoms with E-state index >= 15 is 0 Å². The Bertz CT molecular complexity index is 1260. The number of piperidine rings is 1. The number of fused-ring (bicyclic) bond motifs is 1. The molecule has 5 rings (SSSR count). The second-order valence-corrected chi connectivity index (χ2v) is 9.21. The Morgan fingerprint density at radius 1 is 1.21 bits per heavy atom. The van der Waals surface area contributed by atoms with Gasteiger partial charge in [-0.2, -0.15) is 4.98 Å². The summed E-state index contributed by atoms with van der Waals surface area (Å²) < 4.78 is 7.27. The molecule has 8 nitrogen and oxygen atoms in total. The first-order chi connectivity index (χ1) is 16.1. The third-order valence-electron chi connectivity index (χ3n) is 6.09. The van der Waals surface area contributed by atoms with Crippen molar-refractivity contribution in [1.29, 1.82) is 0 Å². The van der Waals surface area contributed by atoms with Crippen LogP contribution in [-0.2, 0) is 13.5 Å². The van der Waals surface area contributed by atoms with E-state index in [1.807, 2.05) is 30.1 Å². The fraction of sp³-hybridized carbons (Fsp3) is 0.333. The number of ether oxygens (including phenoxy) is 1. The molecule has 4 aromatic rings. The summed E-state index contributed by atoms with van der Waals surface area (Å²) in [5.74, 6) is 2.14. The van der Waals surface area contributed by atoms with E-state index in [9.17, 15) is 4.79 Å². The zero-order chi connectivity index (χ0) is 22.8. The molecule has 1 aliphatic heterocycles. The van der Waals surface area contributed by atoms with Gasteiger partial charge in [-0.1, -0.05) is 6.07 Å². The number of hydrogen-bond donors (Lipinski definition) is 1. The highest BCUT2D eigenvalue weighted by atomic mass is 32.1. The number of nitrogens with zero attached hydrogens (tertiary/aromatic N) is 5. The van der Waals surface area contributed by atoms with E-state index in [2.05, 4.69) is 37.4 Å². The van der Waals surface area contributed by atoms with E-state index in [1.165, 1.54) is 4.88 Å². The van der Waals surface area contributed by atoms with Gasteiger partial charge in [-0.15, -0.1) is 11.3 Å². The van der Waals surface area contributed by atoms with Crippen molar-refractivity contribution < 1.29 is 9.53 Å². The normalized spacial score (nSPS) is 14.5. The molecule has 0 radical (unpaired) electrons. The number of nitrogens with one attached hydrogen (secondary N) is 1. The van der Waals surface area contributed by atoms with Gasteiger partial charge in [-0.25, -0.2) is 9.97 Å². The van der Waals surface area contributed by atoms with Crippen LogP contribution < -0.4 is 10.1 Å². The largest absolute Gasteiger partial charge is 0.481 e. The molecule has 1 fully saturated rings. The molecule has 33 heavy (non-hydrogen) atoms. The van der Waals surface area contributed by atoms with Crippen molar-refractivity contribution in [3.05, 3.63) is 64.2 Å². The molecule has 3 aromatic heterocycles. The quantitative estimate of drug-likeness (QED) is 0.470. The van der Waals surface area contributed by atoms with Gasteiger partial charge in [-0.05, 0) is 42.5 Å². The highest BCUT2D eigenvalue weighted by Gasteiger charge is 2.24. The van der Waals surface area contributed by atoms with Crippen LogP contribution in [0.3, 0.4) is 0 Å². The molecule has 0 bridgehead atoms. The maximum atomic E-state index is 13.2. The number of methoxy groups -OCH3 is 1. The number of hydrogen-bond acceptors (Lipinski definition) is 7. The van der Waals surface area contributed by atoms with E-state index < -0.39 is 0 Å². The van der Waals surface area contributed by atoms with Crippen molar-refractivity contribution in [1.82, 2.24) is 24.4 Å². The van der Waals surface area contributed by atoms with Crippen molar-refractivity contribution in [3.63, 3.8) is 0 Å². The number of carbonyl (C=O) groups is 1.